The zero-order valence-corrected chi connectivity index (χ0v) is 15.5. The highest BCUT2D eigenvalue weighted by molar-refractivity contribution is 5.15. The first-order valence-electron chi connectivity index (χ1n) is 9.86. The van der Waals surface area contributed by atoms with Crippen LogP contribution in [0.5, 0.6) is 0 Å². The van der Waals surface area contributed by atoms with Gasteiger partial charge in [0.1, 0.15) is 0 Å². The van der Waals surface area contributed by atoms with Crippen LogP contribution in [0, 0.1) is 5.92 Å². The largest absolute Gasteiger partial charge is 0.334 e. The third-order valence-electron chi connectivity index (χ3n) is 5.06. The number of aromatic nitrogens is 2. The third-order valence-corrected chi connectivity index (χ3v) is 5.06. The van der Waals surface area contributed by atoms with Gasteiger partial charge in [-0.3, -0.25) is 0 Å². The number of imidazole rings is 1. The molecule has 0 saturated heterocycles. The van der Waals surface area contributed by atoms with Gasteiger partial charge in [0.2, 0.25) is 0 Å². The lowest BCUT2D eigenvalue weighted by atomic mass is 9.85. The molecule has 24 heavy (non-hydrogen) atoms. The Morgan fingerprint density at radius 1 is 0.917 bits per heavy atom. The van der Waals surface area contributed by atoms with E-state index in [1.54, 1.807) is 0 Å². The first-order chi connectivity index (χ1) is 11.8. The predicted molar refractivity (Wildman–Crippen MR) is 103 cm³/mol. The Hall–Kier alpha value is -1.57. The summed E-state index contributed by atoms with van der Waals surface area (Å²) in [5.41, 5.74) is 1.47. The zero-order valence-electron chi connectivity index (χ0n) is 15.5. The van der Waals surface area contributed by atoms with Crippen molar-refractivity contribution in [2.24, 2.45) is 5.92 Å². The van der Waals surface area contributed by atoms with Crippen molar-refractivity contribution >= 4 is 0 Å². The molecule has 0 N–H and O–H groups in total. The average molecular weight is 327 g/mol. The van der Waals surface area contributed by atoms with E-state index >= 15 is 0 Å². The fourth-order valence-corrected chi connectivity index (χ4v) is 3.75. The summed E-state index contributed by atoms with van der Waals surface area (Å²) in [6, 6.07) is 11.6. The van der Waals surface area contributed by atoms with Crippen LogP contribution >= 0.6 is 0 Å². The Labute approximate surface area is 148 Å². The molecule has 0 aliphatic rings. The van der Waals surface area contributed by atoms with Crippen molar-refractivity contribution < 1.29 is 0 Å². The van der Waals surface area contributed by atoms with E-state index in [0.29, 0.717) is 12.0 Å². The van der Waals surface area contributed by atoms with E-state index in [0.717, 1.165) is 0 Å². The van der Waals surface area contributed by atoms with Crippen LogP contribution in [0.15, 0.2) is 49.1 Å². The predicted octanol–water partition coefficient (Wildman–Crippen LogP) is 6.44. The van der Waals surface area contributed by atoms with Crippen LogP contribution in [0.2, 0.25) is 0 Å². The van der Waals surface area contributed by atoms with Crippen LogP contribution in [-0.2, 0) is 6.42 Å². The molecule has 132 valence electrons. The van der Waals surface area contributed by atoms with Crippen molar-refractivity contribution in [1.29, 1.82) is 0 Å². The lowest BCUT2D eigenvalue weighted by Crippen LogP contribution is -2.21. The molecule has 0 fully saturated rings. The minimum atomic E-state index is 0.573. The molecule has 1 aromatic carbocycles. The highest BCUT2D eigenvalue weighted by Gasteiger charge is 2.22. The van der Waals surface area contributed by atoms with E-state index < -0.39 is 0 Å². The molecule has 1 aromatic heterocycles. The Balaban J connectivity index is 2.04. The summed E-state index contributed by atoms with van der Waals surface area (Å²) in [6.07, 6.45) is 17.9. The van der Waals surface area contributed by atoms with Crippen molar-refractivity contribution in [1.82, 2.24) is 9.55 Å². The van der Waals surface area contributed by atoms with Crippen LogP contribution in [-0.4, -0.2) is 9.55 Å². The Morgan fingerprint density at radius 2 is 1.71 bits per heavy atom. The summed E-state index contributed by atoms with van der Waals surface area (Å²) in [5.74, 6) is 0.697. The van der Waals surface area contributed by atoms with Gasteiger partial charge in [0, 0.05) is 18.4 Å². The van der Waals surface area contributed by atoms with Crippen LogP contribution in [0.4, 0.5) is 0 Å². The molecule has 2 rings (SSSR count). The molecule has 0 spiro atoms. The minimum Gasteiger partial charge on any atom is -0.334 e. The van der Waals surface area contributed by atoms with E-state index in [1.165, 1.54) is 63.4 Å². The van der Waals surface area contributed by atoms with E-state index in [2.05, 4.69) is 59.9 Å². The molecule has 2 nitrogen and oxygen atoms in total. The van der Waals surface area contributed by atoms with Gasteiger partial charge in [-0.15, -0.1) is 0 Å². The number of unbranched alkanes of at least 4 members (excludes halogenated alkanes) is 4. The van der Waals surface area contributed by atoms with Gasteiger partial charge >= 0.3 is 0 Å². The number of nitrogens with zero attached hydrogens (tertiary/aromatic N) is 2. The summed E-state index contributed by atoms with van der Waals surface area (Å²) >= 11 is 0. The van der Waals surface area contributed by atoms with Gasteiger partial charge in [0.05, 0.1) is 6.33 Å². The second-order valence-electron chi connectivity index (χ2n) is 7.02. The molecule has 2 unspecified atom stereocenters. The molecule has 0 bridgehead atoms. The summed E-state index contributed by atoms with van der Waals surface area (Å²) in [5, 5.41) is 0. The van der Waals surface area contributed by atoms with E-state index in [9.17, 15) is 0 Å². The number of rotatable bonds is 12. The van der Waals surface area contributed by atoms with Crippen LogP contribution in [0.1, 0.15) is 76.8 Å². The number of hydrogen-bond donors (Lipinski definition) is 0. The second kappa shape index (κ2) is 11.1. The van der Waals surface area contributed by atoms with Crippen molar-refractivity contribution in [3.63, 3.8) is 0 Å². The lowest BCUT2D eigenvalue weighted by Gasteiger charge is -2.28. The van der Waals surface area contributed by atoms with Gasteiger partial charge < -0.3 is 4.57 Å². The monoisotopic (exact) mass is 326 g/mol. The van der Waals surface area contributed by atoms with E-state index in [4.69, 9.17) is 0 Å². The van der Waals surface area contributed by atoms with Crippen LogP contribution in [0.25, 0.3) is 0 Å². The van der Waals surface area contributed by atoms with Crippen LogP contribution < -0.4 is 0 Å². The average Bonchev–Trinajstić information content (AvgIpc) is 3.14. The van der Waals surface area contributed by atoms with Gasteiger partial charge in [-0.05, 0) is 30.7 Å². The van der Waals surface area contributed by atoms with Gasteiger partial charge in [-0.2, -0.15) is 0 Å². The first-order valence-corrected chi connectivity index (χ1v) is 9.86. The number of benzene rings is 1. The van der Waals surface area contributed by atoms with E-state index in [1.807, 2.05) is 12.5 Å². The number of hydrogen-bond acceptors (Lipinski definition) is 1. The highest BCUT2D eigenvalue weighted by Crippen LogP contribution is 2.31. The van der Waals surface area contributed by atoms with Gasteiger partial charge in [-0.1, -0.05) is 82.7 Å². The maximum Gasteiger partial charge on any atom is 0.0948 e. The smallest absolute Gasteiger partial charge is 0.0948 e. The fraction of sp³-hybridized carbons (Fsp3) is 0.591. The van der Waals surface area contributed by atoms with Gasteiger partial charge in [0.25, 0.3) is 0 Å². The Morgan fingerprint density at radius 3 is 2.38 bits per heavy atom. The molecule has 2 aromatic rings. The highest BCUT2D eigenvalue weighted by atomic mass is 15.1. The van der Waals surface area contributed by atoms with Crippen molar-refractivity contribution in [2.45, 2.75) is 77.7 Å². The lowest BCUT2D eigenvalue weighted by molar-refractivity contribution is 0.280. The molecular weight excluding hydrogens is 292 g/mol. The second-order valence-corrected chi connectivity index (χ2v) is 7.02. The Kier molecular flexibility index (Phi) is 8.65. The molecule has 0 radical (unpaired) electrons. The van der Waals surface area contributed by atoms with Gasteiger partial charge in [-0.25, -0.2) is 4.98 Å². The molecule has 0 aliphatic heterocycles. The zero-order chi connectivity index (χ0) is 17.0. The molecular formula is C22H34N2. The first kappa shape index (κ1) is 18.8. The Bertz CT molecular complexity index is 518. The van der Waals surface area contributed by atoms with E-state index in [-0.39, 0.29) is 0 Å². The molecule has 0 aliphatic carbocycles. The summed E-state index contributed by atoms with van der Waals surface area (Å²) in [7, 11) is 0. The summed E-state index contributed by atoms with van der Waals surface area (Å²) < 4.78 is 2.35. The maximum absolute atomic E-state index is 4.30. The molecule has 2 heteroatoms. The van der Waals surface area contributed by atoms with Crippen molar-refractivity contribution in [2.75, 3.05) is 0 Å². The van der Waals surface area contributed by atoms with Crippen molar-refractivity contribution in [3.05, 3.63) is 54.6 Å². The molecule has 0 amide bonds. The van der Waals surface area contributed by atoms with Crippen molar-refractivity contribution in [3.8, 4) is 0 Å². The third kappa shape index (κ3) is 6.14. The van der Waals surface area contributed by atoms with Crippen LogP contribution in [0.3, 0.4) is 0 Å². The standard InChI is InChI=1S/C22H34N2/c1-3-5-6-7-11-15-21(18-20-13-9-8-10-14-20)22(12-4-2)24-17-16-23-19-24/h8-10,13-14,16-17,19,21-22H,3-7,11-12,15,18H2,1-2H3. The maximum atomic E-state index is 4.30. The molecule has 2 atom stereocenters. The van der Waals surface area contributed by atoms with Gasteiger partial charge in [0.15, 0.2) is 0 Å². The normalized spacial score (nSPS) is 13.8. The molecule has 0 saturated carbocycles. The SMILES string of the molecule is CCCCCCCC(Cc1ccccc1)C(CCC)n1ccnc1. The topological polar surface area (TPSA) is 17.8 Å². The summed E-state index contributed by atoms with van der Waals surface area (Å²) in [6.45, 7) is 4.58. The summed E-state index contributed by atoms with van der Waals surface area (Å²) in [4.78, 5) is 4.30. The quantitative estimate of drug-likeness (QED) is 0.410. The molecule has 1 heterocycles. The fourth-order valence-electron chi connectivity index (χ4n) is 3.75. The minimum absolute atomic E-state index is 0.573.